The van der Waals surface area contributed by atoms with E-state index in [2.05, 4.69) is 20.7 Å². The maximum Gasteiger partial charge on any atom is 0.434 e. The summed E-state index contributed by atoms with van der Waals surface area (Å²) in [4.78, 5) is 16.2. The standard InChI is InChI=1S/C20H23F3N6O2/c1-28-10-14(19(27-28)31-2)18(30)25-13-8-6-12(7-9-13)24-16-4-3-5-17-26-15(11-29(16)17)20(21,22)23/h3-5,10-13,24H,6-9H2,1-2H3,(H,25,30)/t12-,13+. The number of methoxy groups -OCH3 is 1. The molecule has 11 heteroatoms. The molecule has 1 saturated carbocycles. The molecule has 0 bridgehead atoms. The second-order valence-electron chi connectivity index (χ2n) is 7.66. The number of halogens is 3. The highest BCUT2D eigenvalue weighted by Gasteiger charge is 2.34. The third-order valence-corrected chi connectivity index (χ3v) is 5.43. The Bertz CT molecular complexity index is 1080. The van der Waals surface area contributed by atoms with Crippen molar-refractivity contribution in [3.05, 3.63) is 41.9 Å². The number of pyridine rings is 1. The van der Waals surface area contributed by atoms with E-state index in [0.29, 0.717) is 11.4 Å². The van der Waals surface area contributed by atoms with Crippen molar-refractivity contribution >= 4 is 17.4 Å². The van der Waals surface area contributed by atoms with Gasteiger partial charge in [0.2, 0.25) is 5.88 Å². The molecule has 0 saturated heterocycles. The summed E-state index contributed by atoms with van der Waals surface area (Å²) in [6, 6.07) is 5.05. The molecule has 1 aliphatic carbocycles. The van der Waals surface area contributed by atoms with Gasteiger partial charge in [-0.25, -0.2) is 4.98 Å². The van der Waals surface area contributed by atoms with Gasteiger partial charge in [-0.2, -0.15) is 13.2 Å². The third kappa shape index (κ3) is 4.44. The summed E-state index contributed by atoms with van der Waals surface area (Å²) in [5, 5.41) is 10.4. The van der Waals surface area contributed by atoms with Crippen LogP contribution in [-0.2, 0) is 13.2 Å². The Balaban J connectivity index is 1.37. The van der Waals surface area contributed by atoms with Crippen molar-refractivity contribution in [1.29, 1.82) is 0 Å². The Hall–Kier alpha value is -3.24. The molecule has 31 heavy (non-hydrogen) atoms. The van der Waals surface area contributed by atoms with E-state index in [1.807, 2.05) is 0 Å². The maximum absolute atomic E-state index is 13.0. The second kappa shape index (κ2) is 8.12. The molecule has 1 amide bonds. The van der Waals surface area contributed by atoms with Crippen LogP contribution in [0.3, 0.4) is 0 Å². The second-order valence-corrected chi connectivity index (χ2v) is 7.66. The molecular formula is C20H23F3N6O2. The SMILES string of the molecule is COc1nn(C)cc1C(=O)N[C@H]1CC[C@@H](Nc2cccc3nc(C(F)(F)F)cn23)CC1. The van der Waals surface area contributed by atoms with Crippen LogP contribution in [0.25, 0.3) is 5.65 Å². The molecule has 3 aromatic heterocycles. The molecule has 0 aromatic carbocycles. The van der Waals surface area contributed by atoms with Crippen molar-refractivity contribution in [2.75, 3.05) is 12.4 Å². The van der Waals surface area contributed by atoms with E-state index in [1.54, 1.807) is 31.4 Å². The summed E-state index contributed by atoms with van der Waals surface area (Å²) in [6.45, 7) is 0. The lowest BCUT2D eigenvalue weighted by Gasteiger charge is -2.30. The molecule has 166 valence electrons. The van der Waals surface area contributed by atoms with Gasteiger partial charge in [-0.05, 0) is 37.8 Å². The van der Waals surface area contributed by atoms with Gasteiger partial charge in [0, 0.05) is 31.5 Å². The first-order valence-corrected chi connectivity index (χ1v) is 9.95. The molecular weight excluding hydrogens is 413 g/mol. The van der Waals surface area contributed by atoms with Gasteiger partial charge >= 0.3 is 6.18 Å². The van der Waals surface area contributed by atoms with Crippen LogP contribution >= 0.6 is 0 Å². The number of hydrogen-bond donors (Lipinski definition) is 2. The van der Waals surface area contributed by atoms with Crippen molar-refractivity contribution in [2.45, 2.75) is 43.9 Å². The Labute approximate surface area is 176 Å². The average Bonchev–Trinajstić information content (AvgIpc) is 3.33. The maximum atomic E-state index is 13.0. The quantitative estimate of drug-likeness (QED) is 0.642. The average molecular weight is 436 g/mol. The number of carbonyl (C=O) groups is 1. The largest absolute Gasteiger partial charge is 0.479 e. The van der Waals surface area contributed by atoms with Crippen LogP contribution < -0.4 is 15.4 Å². The third-order valence-electron chi connectivity index (χ3n) is 5.43. The molecule has 0 aliphatic heterocycles. The number of amides is 1. The highest BCUT2D eigenvalue weighted by Crippen LogP contribution is 2.30. The number of anilines is 1. The van der Waals surface area contributed by atoms with Crippen molar-refractivity contribution in [1.82, 2.24) is 24.5 Å². The van der Waals surface area contributed by atoms with E-state index >= 15 is 0 Å². The van der Waals surface area contributed by atoms with E-state index in [1.165, 1.54) is 16.2 Å². The topological polar surface area (TPSA) is 85.5 Å². The molecule has 2 N–H and O–H groups in total. The zero-order valence-electron chi connectivity index (χ0n) is 17.1. The number of hydrogen-bond acceptors (Lipinski definition) is 5. The van der Waals surface area contributed by atoms with Crippen LogP contribution in [0.2, 0.25) is 0 Å². The molecule has 8 nitrogen and oxygen atoms in total. The van der Waals surface area contributed by atoms with Crippen molar-refractivity contribution in [3.63, 3.8) is 0 Å². The summed E-state index contributed by atoms with van der Waals surface area (Å²) in [5.74, 6) is 0.610. The first kappa shape index (κ1) is 21.0. The molecule has 1 fully saturated rings. The zero-order valence-corrected chi connectivity index (χ0v) is 17.1. The van der Waals surface area contributed by atoms with Crippen molar-refractivity contribution < 1.29 is 22.7 Å². The van der Waals surface area contributed by atoms with E-state index < -0.39 is 11.9 Å². The van der Waals surface area contributed by atoms with Crippen LogP contribution in [0.15, 0.2) is 30.6 Å². The predicted molar refractivity (Wildman–Crippen MR) is 107 cm³/mol. The van der Waals surface area contributed by atoms with Gasteiger partial charge in [-0.15, -0.1) is 5.10 Å². The smallest absolute Gasteiger partial charge is 0.434 e. The van der Waals surface area contributed by atoms with Crippen LogP contribution in [-0.4, -0.2) is 44.3 Å². The lowest BCUT2D eigenvalue weighted by molar-refractivity contribution is -0.140. The Morgan fingerprint density at radius 1 is 1.16 bits per heavy atom. The van der Waals surface area contributed by atoms with E-state index in [9.17, 15) is 18.0 Å². The number of nitrogens with one attached hydrogen (secondary N) is 2. The van der Waals surface area contributed by atoms with Crippen molar-refractivity contribution in [3.8, 4) is 5.88 Å². The predicted octanol–water partition coefficient (Wildman–Crippen LogP) is 3.25. The van der Waals surface area contributed by atoms with Crippen LogP contribution in [0, 0.1) is 0 Å². The first-order valence-electron chi connectivity index (χ1n) is 9.95. The number of aromatic nitrogens is 4. The lowest BCUT2D eigenvalue weighted by Crippen LogP contribution is -2.40. The number of fused-ring (bicyclic) bond motifs is 1. The number of aryl methyl sites for hydroxylation is 1. The fourth-order valence-electron chi connectivity index (χ4n) is 3.89. The number of carbonyl (C=O) groups excluding carboxylic acids is 1. The van der Waals surface area contributed by atoms with Gasteiger partial charge in [0.25, 0.3) is 5.91 Å². The van der Waals surface area contributed by atoms with E-state index in [4.69, 9.17) is 4.74 Å². The highest BCUT2D eigenvalue weighted by atomic mass is 19.4. The highest BCUT2D eigenvalue weighted by molar-refractivity contribution is 5.96. The Morgan fingerprint density at radius 3 is 2.55 bits per heavy atom. The fraction of sp³-hybridized carbons (Fsp3) is 0.450. The summed E-state index contributed by atoms with van der Waals surface area (Å²) in [5.41, 5.74) is -0.291. The fourth-order valence-corrected chi connectivity index (χ4v) is 3.89. The van der Waals surface area contributed by atoms with E-state index in [-0.39, 0.29) is 29.5 Å². The van der Waals surface area contributed by atoms with Gasteiger partial charge in [-0.3, -0.25) is 13.9 Å². The molecule has 1 aliphatic rings. The molecule has 0 spiro atoms. The Morgan fingerprint density at radius 2 is 1.87 bits per heavy atom. The molecule has 4 rings (SSSR count). The minimum atomic E-state index is -4.49. The van der Waals surface area contributed by atoms with Crippen LogP contribution in [0.1, 0.15) is 41.7 Å². The number of alkyl halides is 3. The number of ether oxygens (including phenoxy) is 1. The van der Waals surface area contributed by atoms with Gasteiger partial charge in [0.15, 0.2) is 5.69 Å². The van der Waals surface area contributed by atoms with Gasteiger partial charge < -0.3 is 15.4 Å². The normalized spacial score (nSPS) is 19.4. The summed E-state index contributed by atoms with van der Waals surface area (Å²) in [7, 11) is 3.18. The Kier molecular flexibility index (Phi) is 5.50. The zero-order chi connectivity index (χ0) is 22.2. The van der Waals surface area contributed by atoms with Gasteiger partial charge in [0.05, 0.1) is 7.11 Å². The van der Waals surface area contributed by atoms with Crippen molar-refractivity contribution in [2.24, 2.45) is 7.05 Å². The molecule has 3 heterocycles. The van der Waals surface area contributed by atoms with Crippen LogP contribution in [0.4, 0.5) is 19.0 Å². The molecule has 0 atom stereocenters. The summed E-state index contributed by atoms with van der Waals surface area (Å²) >= 11 is 0. The lowest BCUT2D eigenvalue weighted by atomic mass is 9.91. The summed E-state index contributed by atoms with van der Waals surface area (Å²) in [6.07, 6.45) is 1.17. The molecule has 3 aromatic rings. The molecule has 0 unspecified atom stereocenters. The summed E-state index contributed by atoms with van der Waals surface area (Å²) < 4.78 is 47.1. The number of nitrogens with zero attached hydrogens (tertiary/aromatic N) is 4. The molecule has 0 radical (unpaired) electrons. The minimum absolute atomic E-state index is 0.0105. The van der Waals surface area contributed by atoms with Gasteiger partial charge in [0.1, 0.15) is 17.0 Å². The number of imidazole rings is 1. The van der Waals surface area contributed by atoms with Crippen LogP contribution in [0.5, 0.6) is 5.88 Å². The number of rotatable bonds is 5. The van der Waals surface area contributed by atoms with E-state index in [0.717, 1.165) is 31.9 Å². The minimum Gasteiger partial charge on any atom is -0.479 e. The van der Waals surface area contributed by atoms with Gasteiger partial charge in [-0.1, -0.05) is 6.07 Å². The monoisotopic (exact) mass is 436 g/mol. The first-order chi connectivity index (χ1) is 14.7.